The number of amides is 2. The number of rotatable bonds is 68. The summed E-state index contributed by atoms with van der Waals surface area (Å²) in [7, 11) is -11.3. The molecule has 5 aliphatic rings. The van der Waals surface area contributed by atoms with E-state index >= 15 is 0 Å². The molecule has 5 saturated heterocycles. The second-order valence-electron chi connectivity index (χ2n) is 42.4. The Labute approximate surface area is 893 Å². The van der Waals surface area contributed by atoms with Crippen LogP contribution in [0.4, 0.5) is 0 Å². The highest BCUT2D eigenvalue weighted by Gasteiger charge is 2.58. The third kappa shape index (κ3) is 51.4. The van der Waals surface area contributed by atoms with Gasteiger partial charge in [-0.25, -0.2) is 9.13 Å². The molecule has 0 aromatic rings. The molecule has 28 atom stereocenters. The maximum atomic E-state index is 13.6. The van der Waals surface area contributed by atoms with E-state index in [1.54, 1.807) is 0 Å². The average molecular weight is 2160 g/mol. The molecule has 0 aromatic carbocycles. The monoisotopic (exact) mass is 2160 g/mol. The Balaban J connectivity index is 0.955. The minimum Gasteiger partial charge on any atom is -0.394 e. The maximum Gasteiger partial charge on any atom is 0.483 e. The molecule has 0 aliphatic carbocycles. The summed E-state index contributed by atoms with van der Waals surface area (Å²) >= 11 is 0. The molecule has 0 aromatic heterocycles. The van der Waals surface area contributed by atoms with Crippen LogP contribution in [-0.2, 0) is 74.7 Å². The first-order valence-electron chi connectivity index (χ1n) is 54.2. The molecule has 0 bridgehead atoms. The van der Waals surface area contributed by atoms with Crippen molar-refractivity contribution >= 4 is 27.5 Å². The standard InChI is InChI=1S/C114H190N2O32P2/c1-72(2)35-20-36-73(3)37-21-38-74(4)39-22-40-75(5)41-23-42-76(6)43-24-44-77(7)45-25-46-78(8)47-26-48-79(9)49-27-50-80(10)51-28-52-81(11)53-29-54-82(12)55-30-56-83(13)57-31-58-84(14)59-32-60-85(15)61-33-62-86(16)63-34-64-87(17)65-66-138-149(133,134)148-150(135,136)147-111-96(116-89(19)122)101(127)107(93(70-120)142-111)144-110-95(115-88(18)121)100(126)108(92(69-119)141-110)145-114-106(132)109(146-113-105(131)103(129)98(124)91(68-118)140-113)99(125)94(143-114)71-137-112-104(130)102(128)97(123)90(67-117)139-112/h35,37,39,41,43,45,47,49,51,53,55,57,59,61,63,87,90-114,117-120,123-132H,20-34,36,38,40,42,44,46,48,50,52,54,56,58,60,62,64-71H2,1-19H3,(H,115,121)(H,116,122)(H,133,134)(H,135,136). The molecule has 5 heterocycles. The van der Waals surface area contributed by atoms with E-state index in [1.807, 2.05) is 6.92 Å². The molecule has 2 amide bonds. The number of aliphatic hydroxyl groups is 14. The van der Waals surface area contributed by atoms with Crippen molar-refractivity contribution in [1.29, 1.82) is 0 Å². The summed E-state index contributed by atoms with van der Waals surface area (Å²) in [5.41, 5.74) is 21.7. The third-order valence-electron chi connectivity index (χ3n) is 28.0. The lowest BCUT2D eigenvalue weighted by Gasteiger charge is -2.50. The summed E-state index contributed by atoms with van der Waals surface area (Å²) in [5.74, 6) is -1.89. The number of carbonyl (C=O) groups is 2. The van der Waals surface area contributed by atoms with Gasteiger partial charge in [-0.3, -0.25) is 18.6 Å². The number of hydrogen-bond donors (Lipinski definition) is 18. The first-order chi connectivity index (χ1) is 71.0. The number of phosphoric ester groups is 2. The van der Waals surface area contributed by atoms with Gasteiger partial charge >= 0.3 is 15.6 Å². The molecule has 5 aliphatic heterocycles. The fourth-order valence-corrected chi connectivity index (χ4v) is 20.5. The van der Waals surface area contributed by atoms with Gasteiger partial charge in [0.15, 0.2) is 31.5 Å². The highest BCUT2D eigenvalue weighted by atomic mass is 31.3. The Hall–Kier alpha value is -5.62. The van der Waals surface area contributed by atoms with Crippen LogP contribution in [0.25, 0.3) is 0 Å². The van der Waals surface area contributed by atoms with E-state index in [4.69, 9.17) is 51.7 Å². The predicted octanol–water partition coefficient (Wildman–Crippen LogP) is 16.6. The smallest absolute Gasteiger partial charge is 0.394 e. The van der Waals surface area contributed by atoms with Crippen molar-refractivity contribution in [1.82, 2.24) is 10.6 Å². The average Bonchev–Trinajstić information content (AvgIpc) is 0.763. The molecule has 858 valence electrons. The molecular weight excluding hydrogens is 1970 g/mol. The second kappa shape index (κ2) is 71.7. The predicted molar refractivity (Wildman–Crippen MR) is 580 cm³/mol. The maximum absolute atomic E-state index is 13.6. The summed E-state index contributed by atoms with van der Waals surface area (Å²) in [6, 6.07) is -3.86. The molecule has 28 unspecified atom stereocenters. The largest absolute Gasteiger partial charge is 0.483 e. The van der Waals surface area contributed by atoms with Gasteiger partial charge in [-0.15, -0.1) is 0 Å². The number of phosphoric acid groups is 2. The zero-order valence-corrected chi connectivity index (χ0v) is 94.7. The molecule has 0 radical (unpaired) electrons. The van der Waals surface area contributed by atoms with Gasteiger partial charge in [-0.1, -0.05) is 182 Å². The van der Waals surface area contributed by atoms with Crippen molar-refractivity contribution in [2.75, 3.05) is 39.6 Å². The third-order valence-corrected chi connectivity index (χ3v) is 30.7. The van der Waals surface area contributed by atoms with E-state index in [-0.39, 0.29) is 12.3 Å². The van der Waals surface area contributed by atoms with Crippen LogP contribution >= 0.6 is 15.6 Å². The van der Waals surface area contributed by atoms with Gasteiger partial charge in [-0.05, 0) is 316 Å². The van der Waals surface area contributed by atoms with E-state index in [0.29, 0.717) is 12.8 Å². The number of hydrogen-bond acceptors (Lipinski definition) is 30. The first kappa shape index (κ1) is 135. The summed E-state index contributed by atoms with van der Waals surface area (Å²) in [5, 5.41) is 157. The van der Waals surface area contributed by atoms with Gasteiger partial charge in [0, 0.05) is 13.8 Å². The van der Waals surface area contributed by atoms with E-state index in [9.17, 15) is 100.0 Å². The fraction of sp³-hybridized carbons (Fsp3) is 0.719. The molecule has 18 N–H and O–H groups in total. The minimum atomic E-state index is -5.82. The molecule has 5 rings (SSSR count). The van der Waals surface area contributed by atoms with Crippen molar-refractivity contribution in [3.8, 4) is 0 Å². The molecular formula is C114H190N2O32P2. The van der Waals surface area contributed by atoms with Gasteiger partial charge in [0.25, 0.3) is 0 Å². The number of carbonyl (C=O) groups excluding carboxylic acids is 2. The summed E-state index contributed by atoms with van der Waals surface area (Å²) in [4.78, 5) is 47.2. The lowest BCUT2D eigenvalue weighted by molar-refractivity contribution is -0.383. The van der Waals surface area contributed by atoms with Crippen LogP contribution < -0.4 is 10.6 Å². The van der Waals surface area contributed by atoms with Gasteiger partial charge in [-0.2, -0.15) is 4.31 Å². The van der Waals surface area contributed by atoms with E-state index < -0.39 is 221 Å². The quantitative estimate of drug-likeness (QED) is 0.0199. The van der Waals surface area contributed by atoms with Crippen molar-refractivity contribution in [2.45, 2.75) is 484 Å². The van der Waals surface area contributed by atoms with Gasteiger partial charge < -0.3 is 135 Å². The number of aliphatic hydroxyl groups excluding tert-OH is 14. The number of ether oxygens (including phenoxy) is 9. The number of nitrogens with one attached hydrogen (secondary N) is 2. The summed E-state index contributed by atoms with van der Waals surface area (Å²) < 4.78 is 93.7. The van der Waals surface area contributed by atoms with Crippen LogP contribution in [0.2, 0.25) is 0 Å². The van der Waals surface area contributed by atoms with Gasteiger partial charge in [0.2, 0.25) is 11.8 Å². The Morgan fingerprint density at radius 2 is 0.547 bits per heavy atom. The van der Waals surface area contributed by atoms with Crippen molar-refractivity contribution in [2.24, 2.45) is 5.92 Å². The van der Waals surface area contributed by atoms with E-state index in [2.05, 4.69) is 217 Å². The SMILES string of the molecule is CC(=O)NC1C(OC2C(CO)OC(OP(=O)(O)OP(=O)(O)OCCC(C)CCC=C(C)CCC=C(C)CCC=C(C)CCC=C(C)CCC=C(C)CCC=C(C)CCC=C(C)CCC=C(C)CCC=C(C)CCC=C(C)CCC=C(C)CCC=C(C)CCC=C(C)CCC=C(C)CCC=C(C)C)C(NC(C)=O)C2O)OC(CO)C(OC2OC(COC3OC(CO)C(O)C(O)C3O)C(O)C(OC3OC(CO)C(O)C(O)C3O)C2O)C1O. The summed E-state index contributed by atoms with van der Waals surface area (Å²) in [6.07, 6.45) is 22.3. The molecule has 0 saturated carbocycles. The lowest BCUT2D eigenvalue weighted by Crippen LogP contribution is -2.70. The van der Waals surface area contributed by atoms with Crippen LogP contribution in [0, 0.1) is 5.92 Å². The van der Waals surface area contributed by atoms with E-state index in [1.165, 1.54) is 90.0 Å². The normalized spacial score (nSPS) is 30.1. The fourth-order valence-electron chi connectivity index (χ4n) is 18.4. The van der Waals surface area contributed by atoms with E-state index in [0.717, 1.165) is 187 Å². The zero-order chi connectivity index (χ0) is 111. The van der Waals surface area contributed by atoms with Crippen LogP contribution in [0.3, 0.4) is 0 Å². The molecule has 0 spiro atoms. The zero-order valence-electron chi connectivity index (χ0n) is 92.9. The highest BCUT2D eigenvalue weighted by Crippen LogP contribution is 2.62. The highest BCUT2D eigenvalue weighted by molar-refractivity contribution is 7.61. The molecule has 5 fully saturated rings. The minimum absolute atomic E-state index is 0.0537. The van der Waals surface area contributed by atoms with Crippen molar-refractivity contribution < 1.29 is 156 Å². The Morgan fingerprint density at radius 3 is 0.860 bits per heavy atom. The van der Waals surface area contributed by atoms with Crippen LogP contribution in [0.1, 0.15) is 331 Å². The Bertz CT molecular complexity index is 4590. The second-order valence-corrected chi connectivity index (χ2v) is 45.4. The van der Waals surface area contributed by atoms with Gasteiger partial charge in [0.05, 0.1) is 39.6 Å². The topological polar surface area (TPSA) is 527 Å². The van der Waals surface area contributed by atoms with Crippen LogP contribution in [0.15, 0.2) is 175 Å². The lowest BCUT2D eigenvalue weighted by atomic mass is 9.94. The van der Waals surface area contributed by atoms with Crippen LogP contribution in [0.5, 0.6) is 0 Å². The molecule has 36 heteroatoms. The Kier molecular flexibility index (Phi) is 64.4. The molecule has 34 nitrogen and oxygen atoms in total. The van der Waals surface area contributed by atoms with Crippen LogP contribution in [-0.4, -0.2) is 286 Å². The Morgan fingerprint density at radius 1 is 0.287 bits per heavy atom. The summed E-state index contributed by atoms with van der Waals surface area (Å²) in [6.45, 7) is 34.3. The van der Waals surface area contributed by atoms with Crippen molar-refractivity contribution in [3.05, 3.63) is 175 Å². The van der Waals surface area contributed by atoms with Gasteiger partial charge in [0.1, 0.15) is 122 Å². The number of allylic oxidation sites excluding steroid dienone is 30. The van der Waals surface area contributed by atoms with Crippen molar-refractivity contribution in [3.63, 3.8) is 0 Å². The molecule has 150 heavy (non-hydrogen) atoms. The first-order valence-corrected chi connectivity index (χ1v) is 57.1.